The van der Waals surface area contributed by atoms with Crippen molar-refractivity contribution < 1.29 is 0 Å². The van der Waals surface area contributed by atoms with E-state index in [2.05, 4.69) is 9.97 Å². The molecule has 0 spiro atoms. The van der Waals surface area contributed by atoms with Crippen LogP contribution >= 0.6 is 0 Å². The van der Waals surface area contributed by atoms with E-state index in [-0.39, 0.29) is 11.3 Å². The van der Waals surface area contributed by atoms with Crippen LogP contribution in [0.2, 0.25) is 0 Å². The Morgan fingerprint density at radius 3 is 2.93 bits per heavy atom. The molecule has 2 aromatic rings. The van der Waals surface area contributed by atoms with Gasteiger partial charge in [0.15, 0.2) is 5.65 Å². The van der Waals surface area contributed by atoms with Gasteiger partial charge in [-0.1, -0.05) is 0 Å². The number of hydrogen-bond donors (Lipinski definition) is 0. The first-order valence-electron chi connectivity index (χ1n) is 4.36. The third-order valence-corrected chi connectivity index (χ3v) is 2.20. The molecule has 0 atom stereocenters. The molecule has 2 rings (SSSR count). The fourth-order valence-corrected chi connectivity index (χ4v) is 1.44. The maximum Gasteiger partial charge on any atom is 0.262 e. The zero-order valence-electron chi connectivity index (χ0n) is 8.35. The molecule has 0 bridgehead atoms. The smallest absolute Gasteiger partial charge is 0.262 e. The average molecular weight is 200 g/mol. The van der Waals surface area contributed by atoms with Gasteiger partial charge >= 0.3 is 0 Å². The first kappa shape index (κ1) is 9.34. The summed E-state index contributed by atoms with van der Waals surface area (Å²) in [7, 11) is 1.63. The van der Waals surface area contributed by atoms with Gasteiger partial charge in [-0.05, 0) is 18.6 Å². The molecule has 0 fully saturated rings. The molecule has 15 heavy (non-hydrogen) atoms. The molecule has 2 heterocycles. The maximum absolute atomic E-state index is 11.7. The van der Waals surface area contributed by atoms with Crippen LogP contribution in [0, 0.1) is 18.3 Å². The summed E-state index contributed by atoms with van der Waals surface area (Å²) in [6.07, 6.45) is 1.40. The SMILES string of the molecule is Cc1cc(C#N)nc2ncn(C)c(=O)c12. The molecule has 0 aliphatic heterocycles. The number of fused-ring (bicyclic) bond motifs is 1. The minimum Gasteiger partial charge on any atom is -0.302 e. The van der Waals surface area contributed by atoms with Crippen LogP contribution in [0.1, 0.15) is 11.3 Å². The Labute approximate surface area is 85.6 Å². The van der Waals surface area contributed by atoms with Crippen LogP contribution in [-0.2, 0) is 7.05 Å². The zero-order valence-corrected chi connectivity index (χ0v) is 8.35. The Bertz CT molecular complexity index is 636. The molecule has 0 saturated heterocycles. The van der Waals surface area contributed by atoms with Crippen molar-refractivity contribution in [2.24, 2.45) is 7.05 Å². The third-order valence-electron chi connectivity index (χ3n) is 2.20. The number of hydrogen-bond acceptors (Lipinski definition) is 4. The number of aromatic nitrogens is 3. The van der Waals surface area contributed by atoms with Gasteiger partial charge in [-0.25, -0.2) is 9.97 Å². The van der Waals surface area contributed by atoms with Crippen LogP contribution in [0.25, 0.3) is 11.0 Å². The van der Waals surface area contributed by atoms with Gasteiger partial charge in [0.1, 0.15) is 11.8 Å². The van der Waals surface area contributed by atoms with E-state index in [0.717, 1.165) is 5.56 Å². The molecule has 5 heteroatoms. The van der Waals surface area contributed by atoms with Crippen molar-refractivity contribution in [3.05, 3.63) is 34.0 Å². The lowest BCUT2D eigenvalue weighted by molar-refractivity contribution is 0.838. The van der Waals surface area contributed by atoms with Gasteiger partial charge < -0.3 is 4.57 Å². The molecule has 0 amide bonds. The molecule has 0 radical (unpaired) electrons. The predicted octanol–water partition coefficient (Wildman–Crippen LogP) is 0.509. The number of nitrogens with zero attached hydrogens (tertiary/aromatic N) is 4. The van der Waals surface area contributed by atoms with Gasteiger partial charge in [-0.2, -0.15) is 5.26 Å². The number of pyridine rings is 1. The Morgan fingerprint density at radius 2 is 2.27 bits per heavy atom. The highest BCUT2D eigenvalue weighted by atomic mass is 16.1. The first-order chi connectivity index (χ1) is 7.13. The number of rotatable bonds is 0. The summed E-state index contributed by atoms with van der Waals surface area (Å²) in [6.45, 7) is 1.77. The van der Waals surface area contributed by atoms with E-state index in [4.69, 9.17) is 5.26 Å². The lowest BCUT2D eigenvalue weighted by Gasteiger charge is -2.02. The second-order valence-electron chi connectivity index (χ2n) is 3.30. The van der Waals surface area contributed by atoms with E-state index in [1.807, 2.05) is 6.07 Å². The van der Waals surface area contributed by atoms with Crippen molar-refractivity contribution in [3.63, 3.8) is 0 Å². The second kappa shape index (κ2) is 3.17. The number of nitriles is 1. The van der Waals surface area contributed by atoms with E-state index < -0.39 is 0 Å². The van der Waals surface area contributed by atoms with Crippen LogP contribution in [-0.4, -0.2) is 14.5 Å². The van der Waals surface area contributed by atoms with Crippen LogP contribution in [0.4, 0.5) is 0 Å². The summed E-state index contributed by atoms with van der Waals surface area (Å²) in [5.41, 5.74) is 1.19. The first-order valence-corrected chi connectivity index (χ1v) is 4.36. The number of aryl methyl sites for hydroxylation is 2. The molecule has 0 aromatic carbocycles. The molecule has 0 aliphatic carbocycles. The minimum atomic E-state index is -0.144. The summed E-state index contributed by atoms with van der Waals surface area (Å²) in [4.78, 5) is 19.7. The third kappa shape index (κ3) is 1.36. The van der Waals surface area contributed by atoms with Crippen molar-refractivity contribution in [3.8, 4) is 6.07 Å². The molecule has 0 saturated carbocycles. The van der Waals surface area contributed by atoms with Crippen molar-refractivity contribution in [1.29, 1.82) is 5.26 Å². The zero-order chi connectivity index (χ0) is 11.0. The van der Waals surface area contributed by atoms with Gasteiger partial charge in [0.05, 0.1) is 11.7 Å². The highest BCUT2D eigenvalue weighted by Gasteiger charge is 2.07. The van der Waals surface area contributed by atoms with E-state index in [0.29, 0.717) is 11.0 Å². The van der Waals surface area contributed by atoms with Crippen LogP contribution < -0.4 is 5.56 Å². The molecule has 0 unspecified atom stereocenters. The topological polar surface area (TPSA) is 71.6 Å². The van der Waals surface area contributed by atoms with Gasteiger partial charge in [-0.3, -0.25) is 4.79 Å². The standard InChI is InChI=1S/C10H8N4O/c1-6-3-7(4-11)13-9-8(6)10(15)14(2)5-12-9/h3,5H,1-2H3. The van der Waals surface area contributed by atoms with E-state index in [9.17, 15) is 4.79 Å². The summed E-state index contributed by atoms with van der Waals surface area (Å²) in [5, 5.41) is 9.19. The fourth-order valence-electron chi connectivity index (χ4n) is 1.44. The van der Waals surface area contributed by atoms with Crippen molar-refractivity contribution in [1.82, 2.24) is 14.5 Å². The second-order valence-corrected chi connectivity index (χ2v) is 3.30. The predicted molar refractivity (Wildman–Crippen MR) is 54.2 cm³/mol. The summed E-state index contributed by atoms with van der Waals surface area (Å²) in [5.74, 6) is 0. The van der Waals surface area contributed by atoms with E-state index in [1.54, 1.807) is 20.0 Å². The highest BCUT2D eigenvalue weighted by Crippen LogP contribution is 2.10. The molecule has 2 aromatic heterocycles. The monoisotopic (exact) mass is 200 g/mol. The lowest BCUT2D eigenvalue weighted by atomic mass is 10.2. The van der Waals surface area contributed by atoms with Crippen LogP contribution in [0.5, 0.6) is 0 Å². The Balaban J connectivity index is 3.00. The average Bonchev–Trinajstić information content (AvgIpc) is 2.23. The Hall–Kier alpha value is -2.22. The van der Waals surface area contributed by atoms with Crippen LogP contribution in [0.15, 0.2) is 17.2 Å². The van der Waals surface area contributed by atoms with E-state index in [1.165, 1.54) is 10.9 Å². The van der Waals surface area contributed by atoms with Gasteiger partial charge in [0.2, 0.25) is 0 Å². The van der Waals surface area contributed by atoms with Crippen molar-refractivity contribution in [2.75, 3.05) is 0 Å². The molecule has 74 valence electrons. The molecular formula is C10H8N4O. The summed E-state index contributed by atoms with van der Waals surface area (Å²) >= 11 is 0. The van der Waals surface area contributed by atoms with E-state index >= 15 is 0 Å². The minimum absolute atomic E-state index is 0.144. The van der Waals surface area contributed by atoms with Crippen molar-refractivity contribution >= 4 is 11.0 Å². The normalized spacial score (nSPS) is 10.2. The van der Waals surface area contributed by atoms with Crippen molar-refractivity contribution in [2.45, 2.75) is 6.92 Å². The molecule has 0 N–H and O–H groups in total. The van der Waals surface area contributed by atoms with Gasteiger partial charge in [-0.15, -0.1) is 0 Å². The summed E-state index contributed by atoms with van der Waals surface area (Å²) < 4.78 is 1.39. The molecular weight excluding hydrogens is 192 g/mol. The van der Waals surface area contributed by atoms with Gasteiger partial charge in [0, 0.05) is 7.05 Å². The quantitative estimate of drug-likeness (QED) is 0.621. The Kier molecular flexibility index (Phi) is 1.97. The Morgan fingerprint density at radius 1 is 1.53 bits per heavy atom. The maximum atomic E-state index is 11.7. The lowest BCUT2D eigenvalue weighted by Crippen LogP contribution is -2.18. The molecule has 5 nitrogen and oxygen atoms in total. The van der Waals surface area contributed by atoms with Gasteiger partial charge in [0.25, 0.3) is 5.56 Å². The largest absolute Gasteiger partial charge is 0.302 e. The molecule has 0 aliphatic rings. The van der Waals surface area contributed by atoms with Crippen LogP contribution in [0.3, 0.4) is 0 Å². The summed E-state index contributed by atoms with van der Waals surface area (Å²) in [6, 6.07) is 3.52. The highest BCUT2D eigenvalue weighted by molar-refractivity contribution is 5.77. The fraction of sp³-hybridized carbons (Fsp3) is 0.200.